The molecule has 0 spiro atoms. The smallest absolute Gasteiger partial charge is 0.230 e. The fourth-order valence-corrected chi connectivity index (χ4v) is 2.60. The number of benzene rings is 1. The molecule has 0 aliphatic carbocycles. The van der Waals surface area contributed by atoms with Gasteiger partial charge in [-0.15, -0.1) is 10.2 Å². The van der Waals surface area contributed by atoms with Crippen molar-refractivity contribution in [2.75, 3.05) is 5.32 Å². The van der Waals surface area contributed by atoms with Crippen LogP contribution >= 0.6 is 11.3 Å². The Hall–Kier alpha value is -2.67. The zero-order valence-corrected chi connectivity index (χ0v) is 12.2. The Morgan fingerprint density at radius 3 is 2.55 bits per heavy atom. The second-order valence-corrected chi connectivity index (χ2v) is 5.48. The first kappa shape index (κ1) is 14.3. The van der Waals surface area contributed by atoms with Crippen LogP contribution < -0.4 is 5.32 Å². The molecule has 3 rings (SSSR count). The third-order valence-electron chi connectivity index (χ3n) is 2.88. The van der Waals surface area contributed by atoms with E-state index in [1.165, 1.54) is 23.5 Å². The topological polar surface area (TPSA) is 67.8 Å². The molecule has 110 valence electrons. The molecule has 22 heavy (non-hydrogen) atoms. The summed E-state index contributed by atoms with van der Waals surface area (Å²) in [6.07, 6.45) is 3.50. The van der Waals surface area contributed by atoms with Crippen LogP contribution in [0.4, 0.5) is 9.52 Å². The minimum absolute atomic E-state index is 0.157. The summed E-state index contributed by atoms with van der Waals surface area (Å²) < 4.78 is 12.8. The lowest BCUT2D eigenvalue weighted by Gasteiger charge is -2.01. The standard InChI is InChI=1S/C15H11FN4OS/c16-12-3-1-10(2-4-12)9-13(21)18-15-20-19-14(22-15)11-5-7-17-8-6-11/h1-8H,9H2,(H,18,20,21). The van der Waals surface area contributed by atoms with Gasteiger partial charge >= 0.3 is 0 Å². The monoisotopic (exact) mass is 314 g/mol. The molecule has 0 aliphatic heterocycles. The second-order valence-electron chi connectivity index (χ2n) is 4.50. The molecule has 1 amide bonds. The zero-order chi connectivity index (χ0) is 15.4. The van der Waals surface area contributed by atoms with Gasteiger partial charge in [0.05, 0.1) is 6.42 Å². The molecule has 1 aromatic carbocycles. The molecule has 3 aromatic rings. The maximum Gasteiger partial charge on any atom is 0.230 e. The van der Waals surface area contributed by atoms with Crippen molar-refractivity contribution < 1.29 is 9.18 Å². The van der Waals surface area contributed by atoms with E-state index in [1.807, 2.05) is 12.1 Å². The highest BCUT2D eigenvalue weighted by Gasteiger charge is 2.10. The number of pyridine rings is 1. The van der Waals surface area contributed by atoms with Gasteiger partial charge in [0.2, 0.25) is 11.0 Å². The number of hydrogen-bond donors (Lipinski definition) is 1. The summed E-state index contributed by atoms with van der Waals surface area (Å²) in [6, 6.07) is 9.47. The van der Waals surface area contributed by atoms with Gasteiger partial charge in [-0.1, -0.05) is 23.5 Å². The summed E-state index contributed by atoms with van der Waals surface area (Å²) in [7, 11) is 0. The number of hydrogen-bond acceptors (Lipinski definition) is 5. The lowest BCUT2D eigenvalue weighted by atomic mass is 10.1. The zero-order valence-electron chi connectivity index (χ0n) is 11.4. The van der Waals surface area contributed by atoms with Gasteiger partial charge in [-0.05, 0) is 29.8 Å². The molecule has 0 unspecified atom stereocenters. The van der Waals surface area contributed by atoms with Gasteiger partial charge in [0, 0.05) is 18.0 Å². The quantitative estimate of drug-likeness (QED) is 0.804. The molecular formula is C15H11FN4OS. The summed E-state index contributed by atoms with van der Waals surface area (Å²) >= 11 is 1.29. The van der Waals surface area contributed by atoms with Crippen molar-refractivity contribution in [3.63, 3.8) is 0 Å². The van der Waals surface area contributed by atoms with Crippen LogP contribution in [0.25, 0.3) is 10.6 Å². The molecule has 2 aromatic heterocycles. The average Bonchev–Trinajstić information content (AvgIpc) is 2.99. The molecule has 1 N–H and O–H groups in total. The summed E-state index contributed by atoms with van der Waals surface area (Å²) in [6.45, 7) is 0. The van der Waals surface area contributed by atoms with E-state index in [-0.39, 0.29) is 18.1 Å². The first-order chi connectivity index (χ1) is 10.7. The molecule has 0 fully saturated rings. The first-order valence-electron chi connectivity index (χ1n) is 6.49. The number of nitrogens with zero attached hydrogens (tertiary/aromatic N) is 3. The van der Waals surface area contributed by atoms with Crippen LogP contribution in [0.15, 0.2) is 48.8 Å². The van der Waals surface area contributed by atoms with Crippen molar-refractivity contribution in [2.45, 2.75) is 6.42 Å². The van der Waals surface area contributed by atoms with Crippen LogP contribution in [-0.2, 0) is 11.2 Å². The molecule has 5 nitrogen and oxygen atoms in total. The molecule has 0 bridgehead atoms. The maximum atomic E-state index is 12.8. The van der Waals surface area contributed by atoms with Crippen LogP contribution in [0.1, 0.15) is 5.56 Å². The van der Waals surface area contributed by atoms with Crippen LogP contribution in [0.5, 0.6) is 0 Å². The molecule has 0 saturated heterocycles. The Morgan fingerprint density at radius 2 is 1.82 bits per heavy atom. The highest BCUT2D eigenvalue weighted by atomic mass is 32.1. The molecule has 0 aliphatic rings. The fourth-order valence-electron chi connectivity index (χ4n) is 1.84. The molecule has 0 saturated carbocycles. The third kappa shape index (κ3) is 3.50. The minimum atomic E-state index is -0.324. The second kappa shape index (κ2) is 6.40. The normalized spacial score (nSPS) is 10.4. The lowest BCUT2D eigenvalue weighted by molar-refractivity contribution is -0.115. The van der Waals surface area contributed by atoms with Crippen molar-refractivity contribution in [2.24, 2.45) is 0 Å². The lowest BCUT2D eigenvalue weighted by Crippen LogP contribution is -2.14. The average molecular weight is 314 g/mol. The fraction of sp³-hybridized carbons (Fsp3) is 0.0667. The predicted molar refractivity (Wildman–Crippen MR) is 81.9 cm³/mol. The largest absolute Gasteiger partial charge is 0.300 e. The number of nitrogens with one attached hydrogen (secondary N) is 1. The Labute approximate surface area is 129 Å². The van der Waals surface area contributed by atoms with Crippen molar-refractivity contribution in [3.8, 4) is 10.6 Å². The van der Waals surface area contributed by atoms with Gasteiger partial charge in [0.1, 0.15) is 10.8 Å². The predicted octanol–water partition coefficient (Wildman–Crippen LogP) is 2.92. The minimum Gasteiger partial charge on any atom is -0.300 e. The summed E-state index contributed by atoms with van der Waals surface area (Å²) in [4.78, 5) is 15.9. The van der Waals surface area contributed by atoms with Gasteiger partial charge < -0.3 is 5.32 Å². The summed E-state index contributed by atoms with van der Waals surface area (Å²) in [5.74, 6) is -0.542. The Balaban J connectivity index is 1.65. The van der Waals surface area contributed by atoms with Crippen molar-refractivity contribution in [3.05, 3.63) is 60.2 Å². The summed E-state index contributed by atoms with van der Waals surface area (Å²) in [5.41, 5.74) is 1.63. The van der Waals surface area contributed by atoms with Gasteiger partial charge in [0.15, 0.2) is 0 Å². The van der Waals surface area contributed by atoms with E-state index in [0.29, 0.717) is 10.1 Å². The number of rotatable bonds is 4. The van der Waals surface area contributed by atoms with Crippen molar-refractivity contribution in [1.82, 2.24) is 15.2 Å². The van der Waals surface area contributed by atoms with Crippen LogP contribution in [0.3, 0.4) is 0 Å². The van der Waals surface area contributed by atoms with Crippen molar-refractivity contribution >= 4 is 22.4 Å². The number of halogens is 1. The van der Waals surface area contributed by atoms with Crippen LogP contribution in [0, 0.1) is 5.82 Å². The molecule has 0 radical (unpaired) electrons. The van der Waals surface area contributed by atoms with Gasteiger partial charge in [0.25, 0.3) is 0 Å². The van der Waals surface area contributed by atoms with E-state index in [2.05, 4.69) is 20.5 Å². The highest BCUT2D eigenvalue weighted by molar-refractivity contribution is 7.18. The number of aromatic nitrogens is 3. The summed E-state index contributed by atoms with van der Waals surface area (Å²) in [5, 5.41) is 11.8. The van der Waals surface area contributed by atoms with Gasteiger partial charge in [-0.2, -0.15) is 0 Å². The van der Waals surface area contributed by atoms with E-state index in [4.69, 9.17) is 0 Å². The number of anilines is 1. The molecule has 2 heterocycles. The molecule has 0 atom stereocenters. The number of amides is 1. The Bertz CT molecular complexity index is 774. The number of carbonyl (C=O) groups is 1. The Kier molecular flexibility index (Phi) is 4.15. The maximum absolute atomic E-state index is 12.8. The SMILES string of the molecule is O=C(Cc1ccc(F)cc1)Nc1nnc(-c2ccncc2)s1. The van der Waals surface area contributed by atoms with Gasteiger partial charge in [-0.25, -0.2) is 4.39 Å². The van der Waals surface area contributed by atoms with E-state index >= 15 is 0 Å². The van der Waals surface area contributed by atoms with E-state index in [9.17, 15) is 9.18 Å². The van der Waals surface area contributed by atoms with E-state index in [0.717, 1.165) is 11.1 Å². The molecular weight excluding hydrogens is 303 g/mol. The Morgan fingerprint density at radius 1 is 1.09 bits per heavy atom. The van der Waals surface area contributed by atoms with Crippen LogP contribution in [-0.4, -0.2) is 21.1 Å². The third-order valence-corrected chi connectivity index (χ3v) is 3.76. The van der Waals surface area contributed by atoms with Gasteiger partial charge in [-0.3, -0.25) is 9.78 Å². The first-order valence-corrected chi connectivity index (χ1v) is 7.30. The molecule has 7 heteroatoms. The highest BCUT2D eigenvalue weighted by Crippen LogP contribution is 2.25. The number of carbonyl (C=O) groups excluding carboxylic acids is 1. The van der Waals surface area contributed by atoms with Crippen LogP contribution in [0.2, 0.25) is 0 Å². The van der Waals surface area contributed by atoms with Crippen molar-refractivity contribution in [1.29, 1.82) is 0 Å². The van der Waals surface area contributed by atoms with E-state index < -0.39 is 0 Å². The van der Waals surface area contributed by atoms with E-state index in [1.54, 1.807) is 24.5 Å².